The van der Waals surface area contributed by atoms with Gasteiger partial charge in [-0.25, -0.2) is 4.68 Å². The van der Waals surface area contributed by atoms with Crippen molar-refractivity contribution in [1.29, 1.82) is 0 Å². The largest absolute Gasteiger partial charge is 0.424 e. The molecule has 3 aliphatic rings. The molecule has 2 saturated carbocycles. The van der Waals surface area contributed by atoms with Gasteiger partial charge in [0.05, 0.1) is 18.8 Å². The van der Waals surface area contributed by atoms with Gasteiger partial charge in [0.1, 0.15) is 0 Å². The molecule has 5 rings (SSSR count). The van der Waals surface area contributed by atoms with Gasteiger partial charge in [0.25, 0.3) is 5.56 Å². The van der Waals surface area contributed by atoms with E-state index >= 15 is 0 Å². The Morgan fingerprint density at radius 1 is 1.08 bits per heavy atom. The van der Waals surface area contributed by atoms with Gasteiger partial charge in [-0.05, 0) is 51.1 Å². The maximum atomic E-state index is 12.2. The minimum absolute atomic E-state index is 0.00920. The van der Waals surface area contributed by atoms with Crippen molar-refractivity contribution in [2.45, 2.75) is 69.5 Å². The second-order valence-corrected chi connectivity index (χ2v) is 7.63. The van der Waals surface area contributed by atoms with Gasteiger partial charge < -0.3 is 4.42 Å². The molecule has 7 heteroatoms. The van der Waals surface area contributed by atoms with E-state index in [0.717, 1.165) is 31.0 Å². The predicted octanol–water partition coefficient (Wildman–Crippen LogP) is 2.05. The first-order chi connectivity index (χ1) is 12.3. The lowest BCUT2D eigenvalue weighted by molar-refractivity contribution is 0.196. The summed E-state index contributed by atoms with van der Waals surface area (Å²) in [5.41, 5.74) is 1.06. The summed E-state index contributed by atoms with van der Waals surface area (Å²) in [5, 5.41) is 13.0. The molecule has 2 aromatic heterocycles. The molecule has 0 spiro atoms. The second-order valence-electron chi connectivity index (χ2n) is 7.63. The van der Waals surface area contributed by atoms with Gasteiger partial charge in [-0.15, -0.1) is 10.2 Å². The van der Waals surface area contributed by atoms with Crippen molar-refractivity contribution in [3.63, 3.8) is 0 Å². The van der Waals surface area contributed by atoms with Crippen molar-refractivity contribution in [2.24, 2.45) is 0 Å². The van der Waals surface area contributed by atoms with Crippen molar-refractivity contribution >= 4 is 0 Å². The first-order valence-corrected chi connectivity index (χ1v) is 9.40. The highest BCUT2D eigenvalue weighted by Crippen LogP contribution is 2.39. The summed E-state index contributed by atoms with van der Waals surface area (Å²) in [6.07, 6.45) is 6.93. The molecule has 2 aliphatic carbocycles. The zero-order chi connectivity index (χ0) is 16.8. The fraction of sp³-hybridized carbons (Fsp3) is 0.667. The summed E-state index contributed by atoms with van der Waals surface area (Å²) >= 11 is 0. The van der Waals surface area contributed by atoms with Crippen LogP contribution in [0.5, 0.6) is 0 Å². The molecule has 132 valence electrons. The summed E-state index contributed by atoms with van der Waals surface area (Å²) in [7, 11) is 0. The van der Waals surface area contributed by atoms with E-state index in [2.05, 4.69) is 20.2 Å². The Kier molecular flexibility index (Phi) is 3.69. The molecule has 0 bridgehead atoms. The predicted molar refractivity (Wildman–Crippen MR) is 90.2 cm³/mol. The third kappa shape index (κ3) is 3.25. The van der Waals surface area contributed by atoms with Crippen LogP contribution >= 0.6 is 0 Å². The lowest BCUT2D eigenvalue weighted by atomic mass is 10.2. The van der Waals surface area contributed by atoms with Crippen LogP contribution in [0.3, 0.4) is 0 Å². The van der Waals surface area contributed by atoms with Crippen LogP contribution in [0, 0.1) is 0 Å². The SMILES string of the molecule is O=c1ccc(C2CC2)nn1CC1CCCN1Cc1nnc(C2CC2)o1. The Balaban J connectivity index is 1.29. The van der Waals surface area contributed by atoms with E-state index in [1.165, 1.54) is 25.7 Å². The highest BCUT2D eigenvalue weighted by atomic mass is 16.4. The average Bonchev–Trinajstić information content (AvgIpc) is 3.54. The van der Waals surface area contributed by atoms with Gasteiger partial charge in [0.2, 0.25) is 11.8 Å². The molecule has 0 N–H and O–H groups in total. The Hall–Kier alpha value is -2.02. The molecule has 3 heterocycles. The summed E-state index contributed by atoms with van der Waals surface area (Å²) < 4.78 is 7.46. The van der Waals surface area contributed by atoms with Gasteiger partial charge in [-0.3, -0.25) is 9.69 Å². The van der Waals surface area contributed by atoms with E-state index in [1.54, 1.807) is 10.7 Å². The van der Waals surface area contributed by atoms with Crippen LogP contribution in [0.2, 0.25) is 0 Å². The molecular formula is C18H23N5O2. The highest BCUT2D eigenvalue weighted by Gasteiger charge is 2.31. The van der Waals surface area contributed by atoms with E-state index in [0.29, 0.717) is 36.9 Å². The quantitative estimate of drug-likeness (QED) is 0.800. The van der Waals surface area contributed by atoms with Crippen LogP contribution in [-0.2, 0) is 13.1 Å². The zero-order valence-electron chi connectivity index (χ0n) is 14.3. The Morgan fingerprint density at radius 3 is 2.72 bits per heavy atom. The lowest BCUT2D eigenvalue weighted by Gasteiger charge is -2.23. The van der Waals surface area contributed by atoms with Crippen molar-refractivity contribution in [1.82, 2.24) is 24.9 Å². The summed E-state index contributed by atoms with van der Waals surface area (Å²) in [4.78, 5) is 14.5. The Bertz CT molecular complexity index is 821. The summed E-state index contributed by atoms with van der Waals surface area (Å²) in [6, 6.07) is 3.86. The van der Waals surface area contributed by atoms with Crippen molar-refractivity contribution in [2.75, 3.05) is 6.54 Å². The van der Waals surface area contributed by atoms with Gasteiger partial charge in [-0.2, -0.15) is 5.10 Å². The third-order valence-electron chi connectivity index (χ3n) is 5.51. The molecule has 25 heavy (non-hydrogen) atoms. The standard InChI is InChI=1S/C18H23N5O2/c24-17-8-7-15(12-3-4-12)21-23(17)10-14-2-1-9-22(14)11-16-19-20-18(25-16)13-5-6-13/h7-8,12-14H,1-6,9-11H2. The van der Waals surface area contributed by atoms with Gasteiger partial charge >= 0.3 is 0 Å². The first kappa shape index (κ1) is 15.3. The molecule has 2 aromatic rings. The molecule has 1 aliphatic heterocycles. The maximum absolute atomic E-state index is 12.2. The minimum Gasteiger partial charge on any atom is -0.424 e. The van der Waals surface area contributed by atoms with Crippen LogP contribution in [0.15, 0.2) is 21.3 Å². The van der Waals surface area contributed by atoms with E-state index in [4.69, 9.17) is 4.42 Å². The van der Waals surface area contributed by atoms with Gasteiger partial charge in [-0.1, -0.05) is 0 Å². The van der Waals surface area contributed by atoms with Crippen LogP contribution in [0.25, 0.3) is 0 Å². The molecule has 1 atom stereocenters. The fourth-order valence-corrected chi connectivity index (χ4v) is 3.70. The van der Waals surface area contributed by atoms with E-state index in [-0.39, 0.29) is 5.56 Å². The van der Waals surface area contributed by atoms with Crippen molar-refractivity contribution < 1.29 is 4.42 Å². The molecule has 1 saturated heterocycles. The molecule has 0 aromatic carbocycles. The smallest absolute Gasteiger partial charge is 0.266 e. The molecule has 1 unspecified atom stereocenters. The summed E-state index contributed by atoms with van der Waals surface area (Å²) in [6.45, 7) is 2.31. The lowest BCUT2D eigenvalue weighted by Crippen LogP contribution is -2.37. The molecule has 7 nitrogen and oxygen atoms in total. The molecular weight excluding hydrogens is 318 g/mol. The maximum Gasteiger partial charge on any atom is 0.266 e. The fourth-order valence-electron chi connectivity index (χ4n) is 3.70. The number of likely N-dealkylation sites (tertiary alicyclic amines) is 1. The number of hydrogen-bond acceptors (Lipinski definition) is 6. The first-order valence-electron chi connectivity index (χ1n) is 9.40. The normalized spacial score (nSPS) is 24.1. The van der Waals surface area contributed by atoms with Crippen LogP contribution in [0.1, 0.15) is 67.8 Å². The summed E-state index contributed by atoms with van der Waals surface area (Å²) in [5.74, 6) is 2.54. The number of aromatic nitrogens is 4. The molecule has 0 radical (unpaired) electrons. The van der Waals surface area contributed by atoms with Gasteiger partial charge in [0, 0.05) is 23.9 Å². The Morgan fingerprint density at radius 2 is 1.92 bits per heavy atom. The second kappa shape index (κ2) is 6.05. The van der Waals surface area contributed by atoms with Crippen molar-refractivity contribution in [3.8, 4) is 0 Å². The Labute approximate surface area is 146 Å². The minimum atomic E-state index is -0.00920. The van der Waals surface area contributed by atoms with Crippen LogP contribution in [-0.4, -0.2) is 37.5 Å². The molecule has 3 fully saturated rings. The monoisotopic (exact) mass is 341 g/mol. The van der Waals surface area contributed by atoms with Crippen molar-refractivity contribution in [3.05, 3.63) is 40.0 Å². The van der Waals surface area contributed by atoms with Gasteiger partial charge in [0.15, 0.2) is 0 Å². The third-order valence-corrected chi connectivity index (χ3v) is 5.51. The number of nitrogens with zero attached hydrogens (tertiary/aromatic N) is 5. The highest BCUT2D eigenvalue weighted by molar-refractivity contribution is 5.12. The van der Waals surface area contributed by atoms with E-state index < -0.39 is 0 Å². The van der Waals surface area contributed by atoms with E-state index in [1.807, 2.05) is 6.07 Å². The average molecular weight is 341 g/mol. The topological polar surface area (TPSA) is 77.1 Å². The number of rotatable bonds is 6. The number of hydrogen-bond donors (Lipinski definition) is 0. The molecule has 0 amide bonds. The zero-order valence-corrected chi connectivity index (χ0v) is 14.3. The van der Waals surface area contributed by atoms with Crippen LogP contribution in [0.4, 0.5) is 0 Å². The van der Waals surface area contributed by atoms with Crippen LogP contribution < -0.4 is 5.56 Å². The van der Waals surface area contributed by atoms with E-state index in [9.17, 15) is 4.79 Å².